The summed E-state index contributed by atoms with van der Waals surface area (Å²) >= 11 is 0. The number of hydrogen-bond donors (Lipinski definition) is 0. The smallest absolute Gasteiger partial charge is 0.203 e. The molecule has 1 fully saturated rings. The zero-order valence-electron chi connectivity index (χ0n) is 25.5. The standard InChI is InChI=1S/C36H38O8/c1-37-29-18-27(19-30(38-2)35(29)43-22-25-12-7-5-8-13-25)16-11-17-41-34(33-24-42-33)28-20-31(39-3)36(32(21-28)40-4)44-23-26-14-9-6-10-15-26/h5-16,18-21,33-34H,17,22-24H2,1-4H3/b16-11+/t33-,34-/m0/s1. The maximum atomic E-state index is 6.32. The largest absolute Gasteiger partial charge is 0.493 e. The van der Waals surface area contributed by atoms with Crippen molar-refractivity contribution in [1.82, 2.24) is 0 Å². The number of hydrogen-bond acceptors (Lipinski definition) is 8. The van der Waals surface area contributed by atoms with Crippen molar-refractivity contribution in [2.45, 2.75) is 25.4 Å². The second kappa shape index (κ2) is 15.2. The van der Waals surface area contributed by atoms with Crippen LogP contribution in [-0.2, 0) is 22.7 Å². The van der Waals surface area contributed by atoms with E-state index in [0.29, 0.717) is 60.9 Å². The van der Waals surface area contributed by atoms with Gasteiger partial charge in [-0.05, 0) is 46.5 Å². The van der Waals surface area contributed by atoms with Crippen LogP contribution in [0.5, 0.6) is 34.5 Å². The zero-order chi connectivity index (χ0) is 30.7. The molecular weight excluding hydrogens is 560 g/mol. The van der Waals surface area contributed by atoms with Gasteiger partial charge in [-0.2, -0.15) is 0 Å². The van der Waals surface area contributed by atoms with Gasteiger partial charge in [0.1, 0.15) is 25.4 Å². The van der Waals surface area contributed by atoms with Gasteiger partial charge in [-0.15, -0.1) is 0 Å². The summed E-state index contributed by atoms with van der Waals surface area (Å²) in [6, 6.07) is 27.6. The van der Waals surface area contributed by atoms with E-state index in [0.717, 1.165) is 22.3 Å². The highest BCUT2D eigenvalue weighted by Gasteiger charge is 2.36. The predicted octanol–water partition coefficient (Wildman–Crippen LogP) is 7.05. The first-order chi connectivity index (χ1) is 21.6. The fraction of sp³-hybridized carbons (Fsp3) is 0.278. The van der Waals surface area contributed by atoms with Crippen LogP contribution in [0.25, 0.3) is 6.08 Å². The van der Waals surface area contributed by atoms with Crippen LogP contribution >= 0.6 is 0 Å². The van der Waals surface area contributed by atoms with Crippen LogP contribution in [0.4, 0.5) is 0 Å². The van der Waals surface area contributed by atoms with E-state index in [9.17, 15) is 0 Å². The first-order valence-electron chi connectivity index (χ1n) is 14.4. The van der Waals surface area contributed by atoms with Crippen LogP contribution in [-0.4, -0.2) is 47.8 Å². The third-order valence-corrected chi connectivity index (χ3v) is 7.13. The molecule has 1 aliphatic rings. The van der Waals surface area contributed by atoms with E-state index in [1.54, 1.807) is 28.4 Å². The van der Waals surface area contributed by atoms with E-state index >= 15 is 0 Å². The lowest BCUT2D eigenvalue weighted by molar-refractivity contribution is 0.0508. The average Bonchev–Trinajstić information content (AvgIpc) is 3.92. The fourth-order valence-corrected chi connectivity index (χ4v) is 4.80. The summed E-state index contributed by atoms with van der Waals surface area (Å²) < 4.78 is 46.8. The molecule has 5 rings (SSSR count). The fourth-order valence-electron chi connectivity index (χ4n) is 4.80. The molecule has 1 aliphatic heterocycles. The third-order valence-electron chi connectivity index (χ3n) is 7.13. The van der Waals surface area contributed by atoms with Crippen molar-refractivity contribution in [2.24, 2.45) is 0 Å². The van der Waals surface area contributed by atoms with Crippen molar-refractivity contribution < 1.29 is 37.9 Å². The maximum absolute atomic E-state index is 6.32. The number of rotatable bonds is 16. The lowest BCUT2D eigenvalue weighted by Gasteiger charge is -2.20. The highest BCUT2D eigenvalue weighted by Crippen LogP contribution is 2.43. The second-order valence-electron chi connectivity index (χ2n) is 10.1. The minimum absolute atomic E-state index is 0.0601. The van der Waals surface area contributed by atoms with Gasteiger partial charge in [-0.25, -0.2) is 0 Å². The minimum Gasteiger partial charge on any atom is -0.493 e. The van der Waals surface area contributed by atoms with Crippen molar-refractivity contribution >= 4 is 6.08 Å². The van der Waals surface area contributed by atoms with Crippen LogP contribution < -0.4 is 28.4 Å². The van der Waals surface area contributed by atoms with Gasteiger partial charge in [0.25, 0.3) is 0 Å². The Morgan fingerprint density at radius 3 is 1.57 bits per heavy atom. The molecule has 1 heterocycles. The summed E-state index contributed by atoms with van der Waals surface area (Å²) in [5.74, 6) is 3.38. The van der Waals surface area contributed by atoms with E-state index in [1.807, 2.05) is 97.1 Å². The summed E-state index contributed by atoms with van der Waals surface area (Å²) in [4.78, 5) is 0. The van der Waals surface area contributed by atoms with E-state index in [1.165, 1.54) is 0 Å². The molecule has 230 valence electrons. The highest BCUT2D eigenvalue weighted by atomic mass is 16.6. The van der Waals surface area contributed by atoms with E-state index in [-0.39, 0.29) is 12.2 Å². The van der Waals surface area contributed by atoms with Gasteiger partial charge in [-0.3, -0.25) is 0 Å². The molecule has 4 aromatic rings. The molecule has 8 heteroatoms. The molecule has 0 amide bonds. The molecule has 2 atom stereocenters. The Hall–Kier alpha value is -4.66. The van der Waals surface area contributed by atoms with Gasteiger partial charge < -0.3 is 37.9 Å². The molecule has 0 saturated carbocycles. The minimum atomic E-state index is -0.316. The molecular formula is C36H38O8. The van der Waals surface area contributed by atoms with E-state index in [4.69, 9.17) is 37.9 Å². The van der Waals surface area contributed by atoms with Gasteiger partial charge in [0, 0.05) is 0 Å². The summed E-state index contributed by atoms with van der Waals surface area (Å²) in [5, 5.41) is 0. The molecule has 0 aliphatic carbocycles. The molecule has 0 bridgehead atoms. The molecule has 0 unspecified atom stereocenters. The van der Waals surface area contributed by atoms with Crippen LogP contribution in [0.15, 0.2) is 91.0 Å². The highest BCUT2D eigenvalue weighted by molar-refractivity contribution is 5.62. The number of methoxy groups -OCH3 is 4. The lowest BCUT2D eigenvalue weighted by Crippen LogP contribution is -2.12. The molecule has 0 radical (unpaired) electrons. The number of epoxide rings is 1. The second-order valence-corrected chi connectivity index (χ2v) is 10.1. The quantitative estimate of drug-likeness (QED) is 0.127. The number of ether oxygens (including phenoxy) is 8. The monoisotopic (exact) mass is 598 g/mol. The Morgan fingerprint density at radius 1 is 0.682 bits per heavy atom. The third kappa shape index (κ3) is 7.83. The molecule has 44 heavy (non-hydrogen) atoms. The van der Waals surface area contributed by atoms with Gasteiger partial charge in [0.05, 0.1) is 41.7 Å². The van der Waals surface area contributed by atoms with Gasteiger partial charge in [-0.1, -0.05) is 72.8 Å². The molecule has 0 spiro atoms. The van der Waals surface area contributed by atoms with Crippen LogP contribution in [0.1, 0.15) is 28.4 Å². The molecule has 0 aromatic heterocycles. The van der Waals surface area contributed by atoms with Crippen molar-refractivity contribution in [3.05, 3.63) is 113 Å². The van der Waals surface area contributed by atoms with E-state index in [2.05, 4.69) is 0 Å². The lowest BCUT2D eigenvalue weighted by atomic mass is 10.0. The van der Waals surface area contributed by atoms with Crippen molar-refractivity contribution in [1.29, 1.82) is 0 Å². The predicted molar refractivity (Wildman–Crippen MR) is 168 cm³/mol. The zero-order valence-corrected chi connectivity index (χ0v) is 25.5. The Labute approximate surface area is 258 Å². The Balaban J connectivity index is 1.27. The van der Waals surface area contributed by atoms with Crippen LogP contribution in [0, 0.1) is 0 Å². The van der Waals surface area contributed by atoms with E-state index < -0.39 is 0 Å². The molecule has 8 nitrogen and oxygen atoms in total. The number of benzene rings is 4. The molecule has 4 aromatic carbocycles. The topological polar surface area (TPSA) is 77.1 Å². The van der Waals surface area contributed by atoms with Crippen molar-refractivity contribution in [3.63, 3.8) is 0 Å². The van der Waals surface area contributed by atoms with Crippen molar-refractivity contribution in [2.75, 3.05) is 41.7 Å². The van der Waals surface area contributed by atoms with Crippen molar-refractivity contribution in [3.8, 4) is 34.5 Å². The van der Waals surface area contributed by atoms with Gasteiger partial charge in [0.2, 0.25) is 11.5 Å². The average molecular weight is 599 g/mol. The molecule has 0 N–H and O–H groups in total. The Morgan fingerprint density at radius 2 is 1.14 bits per heavy atom. The Bertz CT molecular complexity index is 1470. The SMILES string of the molecule is COc1cc(/C=C/CO[C@@H](c2cc(OC)c(OCc3ccccc3)c(OC)c2)[C@@H]2CO2)cc(OC)c1OCc1ccccc1. The van der Waals surface area contributed by atoms with Gasteiger partial charge >= 0.3 is 0 Å². The van der Waals surface area contributed by atoms with Crippen LogP contribution in [0.3, 0.4) is 0 Å². The first kappa shape index (κ1) is 30.8. The summed E-state index contributed by atoms with van der Waals surface area (Å²) in [7, 11) is 6.45. The first-order valence-corrected chi connectivity index (χ1v) is 14.4. The maximum Gasteiger partial charge on any atom is 0.203 e. The Kier molecular flexibility index (Phi) is 10.6. The van der Waals surface area contributed by atoms with Crippen LogP contribution in [0.2, 0.25) is 0 Å². The van der Waals surface area contributed by atoms with Gasteiger partial charge in [0.15, 0.2) is 23.0 Å². The summed E-state index contributed by atoms with van der Waals surface area (Å²) in [6.07, 6.45) is 3.52. The summed E-state index contributed by atoms with van der Waals surface area (Å²) in [5.41, 5.74) is 3.86. The summed E-state index contributed by atoms with van der Waals surface area (Å²) in [6.45, 7) is 1.75. The molecule has 1 saturated heterocycles. The normalized spacial score (nSPS) is 14.6.